The summed E-state index contributed by atoms with van der Waals surface area (Å²) in [6.07, 6.45) is 8.92. The summed E-state index contributed by atoms with van der Waals surface area (Å²) in [5, 5.41) is 8.00. The van der Waals surface area contributed by atoms with Crippen LogP contribution >= 0.6 is 0 Å². The zero-order valence-electron chi connectivity index (χ0n) is 15.5. The molecule has 0 atom stereocenters. The van der Waals surface area contributed by atoms with Crippen LogP contribution in [-0.4, -0.2) is 21.7 Å². The van der Waals surface area contributed by atoms with Crippen molar-refractivity contribution in [3.63, 3.8) is 0 Å². The fourth-order valence-corrected chi connectivity index (χ4v) is 3.75. The van der Waals surface area contributed by atoms with E-state index in [4.69, 9.17) is 5.10 Å². The number of aromatic nitrogens is 2. The van der Waals surface area contributed by atoms with Gasteiger partial charge < -0.3 is 5.32 Å². The van der Waals surface area contributed by atoms with Gasteiger partial charge in [0.1, 0.15) is 5.69 Å². The molecule has 1 saturated carbocycles. The lowest BCUT2D eigenvalue weighted by molar-refractivity contribution is 0.0934. The second-order valence-corrected chi connectivity index (χ2v) is 7.20. The first kappa shape index (κ1) is 17.5. The molecule has 0 radical (unpaired) electrons. The molecule has 2 aromatic carbocycles. The molecule has 1 fully saturated rings. The van der Waals surface area contributed by atoms with Crippen LogP contribution in [0.2, 0.25) is 0 Å². The van der Waals surface area contributed by atoms with E-state index in [1.165, 1.54) is 25.7 Å². The van der Waals surface area contributed by atoms with E-state index in [0.29, 0.717) is 5.56 Å². The zero-order valence-corrected chi connectivity index (χ0v) is 15.5. The maximum absolute atomic E-state index is 13.1. The molecule has 0 unspecified atom stereocenters. The second kappa shape index (κ2) is 8.21. The van der Waals surface area contributed by atoms with Gasteiger partial charge in [-0.05, 0) is 25.0 Å². The SMILES string of the molecule is O=C(NC1CCCCCC1)c1cn(-c2ccccc2)nc1-c1ccccc1. The van der Waals surface area contributed by atoms with E-state index in [9.17, 15) is 4.79 Å². The minimum atomic E-state index is -0.0251. The lowest BCUT2D eigenvalue weighted by Gasteiger charge is -2.16. The number of hydrogen-bond acceptors (Lipinski definition) is 2. The van der Waals surface area contributed by atoms with Crippen LogP contribution < -0.4 is 5.32 Å². The highest BCUT2D eigenvalue weighted by Gasteiger charge is 2.21. The van der Waals surface area contributed by atoms with Crippen molar-refractivity contribution >= 4 is 5.91 Å². The highest BCUT2D eigenvalue weighted by Crippen LogP contribution is 2.24. The molecule has 1 N–H and O–H groups in total. The Kier molecular flexibility index (Phi) is 5.33. The van der Waals surface area contributed by atoms with Crippen molar-refractivity contribution in [2.75, 3.05) is 0 Å². The summed E-state index contributed by atoms with van der Waals surface area (Å²) < 4.78 is 1.80. The normalized spacial score (nSPS) is 15.3. The van der Waals surface area contributed by atoms with Crippen molar-refractivity contribution in [1.29, 1.82) is 0 Å². The van der Waals surface area contributed by atoms with E-state index in [2.05, 4.69) is 5.32 Å². The van der Waals surface area contributed by atoms with Gasteiger partial charge in [-0.2, -0.15) is 5.10 Å². The zero-order chi connectivity index (χ0) is 18.5. The van der Waals surface area contributed by atoms with Gasteiger partial charge in [-0.15, -0.1) is 0 Å². The number of para-hydroxylation sites is 1. The second-order valence-electron chi connectivity index (χ2n) is 7.20. The number of nitrogens with one attached hydrogen (secondary N) is 1. The first-order chi connectivity index (χ1) is 13.3. The van der Waals surface area contributed by atoms with Gasteiger partial charge in [0.15, 0.2) is 0 Å². The van der Waals surface area contributed by atoms with Crippen LogP contribution in [0.1, 0.15) is 48.9 Å². The molecule has 1 aromatic heterocycles. The van der Waals surface area contributed by atoms with Gasteiger partial charge in [-0.1, -0.05) is 74.2 Å². The summed E-state index contributed by atoms with van der Waals surface area (Å²) in [6, 6.07) is 20.1. The van der Waals surface area contributed by atoms with Gasteiger partial charge >= 0.3 is 0 Å². The smallest absolute Gasteiger partial charge is 0.255 e. The summed E-state index contributed by atoms with van der Waals surface area (Å²) >= 11 is 0. The number of carbonyl (C=O) groups excluding carboxylic acids is 1. The Morgan fingerprint density at radius 3 is 2.19 bits per heavy atom. The Morgan fingerprint density at radius 1 is 0.889 bits per heavy atom. The van der Waals surface area contributed by atoms with Gasteiger partial charge in [-0.3, -0.25) is 4.79 Å². The molecular weight excluding hydrogens is 334 g/mol. The highest BCUT2D eigenvalue weighted by atomic mass is 16.1. The van der Waals surface area contributed by atoms with Crippen LogP contribution in [0.25, 0.3) is 16.9 Å². The Labute approximate surface area is 160 Å². The van der Waals surface area contributed by atoms with Crippen molar-refractivity contribution in [1.82, 2.24) is 15.1 Å². The molecule has 4 heteroatoms. The van der Waals surface area contributed by atoms with E-state index < -0.39 is 0 Å². The molecule has 4 nitrogen and oxygen atoms in total. The highest BCUT2D eigenvalue weighted by molar-refractivity contribution is 6.00. The molecule has 1 amide bonds. The molecule has 1 aliphatic rings. The Bertz CT molecular complexity index is 879. The Morgan fingerprint density at radius 2 is 1.52 bits per heavy atom. The Balaban J connectivity index is 1.67. The summed E-state index contributed by atoms with van der Waals surface area (Å²) in [4.78, 5) is 13.1. The average molecular weight is 359 g/mol. The van der Waals surface area contributed by atoms with Crippen LogP contribution in [0.3, 0.4) is 0 Å². The standard InChI is InChI=1S/C23H25N3O/c27-23(24-19-13-7-1-2-8-14-19)21-17-26(20-15-9-4-10-16-20)25-22(21)18-11-5-3-6-12-18/h3-6,9-12,15-17,19H,1-2,7-8,13-14H2,(H,24,27). The lowest BCUT2D eigenvalue weighted by atomic mass is 10.1. The number of hydrogen-bond donors (Lipinski definition) is 1. The molecule has 138 valence electrons. The molecule has 0 aliphatic heterocycles. The van der Waals surface area contributed by atoms with Gasteiger partial charge in [0, 0.05) is 17.8 Å². The van der Waals surface area contributed by atoms with Gasteiger partial charge in [0.2, 0.25) is 0 Å². The quantitative estimate of drug-likeness (QED) is 0.667. The van der Waals surface area contributed by atoms with E-state index in [1.807, 2.05) is 66.9 Å². The molecule has 4 rings (SSSR count). The van der Waals surface area contributed by atoms with Crippen LogP contribution in [0.4, 0.5) is 0 Å². The number of rotatable bonds is 4. The van der Waals surface area contributed by atoms with Gasteiger partial charge in [0.05, 0.1) is 11.3 Å². The molecule has 1 heterocycles. The first-order valence-corrected chi connectivity index (χ1v) is 9.82. The number of benzene rings is 2. The third-order valence-corrected chi connectivity index (χ3v) is 5.22. The topological polar surface area (TPSA) is 46.9 Å². The number of carbonyl (C=O) groups is 1. The third kappa shape index (κ3) is 4.11. The van der Waals surface area contributed by atoms with E-state index in [0.717, 1.165) is 29.8 Å². The first-order valence-electron chi connectivity index (χ1n) is 9.82. The monoisotopic (exact) mass is 359 g/mol. The van der Waals surface area contributed by atoms with Crippen LogP contribution in [0.15, 0.2) is 66.9 Å². The predicted molar refractivity (Wildman–Crippen MR) is 108 cm³/mol. The van der Waals surface area contributed by atoms with Crippen molar-refractivity contribution in [2.45, 2.75) is 44.6 Å². The van der Waals surface area contributed by atoms with E-state index >= 15 is 0 Å². The predicted octanol–water partition coefficient (Wildman–Crippen LogP) is 4.99. The molecule has 0 saturated heterocycles. The maximum Gasteiger partial charge on any atom is 0.255 e. The number of amides is 1. The van der Waals surface area contributed by atoms with Crippen molar-refractivity contribution in [3.8, 4) is 16.9 Å². The molecule has 0 bridgehead atoms. The third-order valence-electron chi connectivity index (χ3n) is 5.22. The fraction of sp³-hybridized carbons (Fsp3) is 0.304. The molecule has 1 aliphatic carbocycles. The van der Waals surface area contributed by atoms with Crippen LogP contribution in [0.5, 0.6) is 0 Å². The van der Waals surface area contributed by atoms with Gasteiger partial charge in [-0.25, -0.2) is 4.68 Å². The average Bonchev–Trinajstić information content (AvgIpc) is 3.02. The number of nitrogens with zero attached hydrogens (tertiary/aromatic N) is 2. The maximum atomic E-state index is 13.1. The lowest BCUT2D eigenvalue weighted by Crippen LogP contribution is -2.34. The largest absolute Gasteiger partial charge is 0.349 e. The van der Waals surface area contributed by atoms with Crippen LogP contribution in [0, 0.1) is 0 Å². The summed E-state index contributed by atoms with van der Waals surface area (Å²) in [5.74, 6) is -0.0251. The molecule has 27 heavy (non-hydrogen) atoms. The van der Waals surface area contributed by atoms with Gasteiger partial charge in [0.25, 0.3) is 5.91 Å². The summed E-state index contributed by atoms with van der Waals surface area (Å²) in [5.41, 5.74) is 3.27. The van der Waals surface area contributed by atoms with E-state index in [-0.39, 0.29) is 11.9 Å². The van der Waals surface area contributed by atoms with Crippen molar-refractivity contribution < 1.29 is 4.79 Å². The summed E-state index contributed by atoms with van der Waals surface area (Å²) in [7, 11) is 0. The molecule has 3 aromatic rings. The van der Waals surface area contributed by atoms with Crippen molar-refractivity contribution in [2.24, 2.45) is 0 Å². The van der Waals surface area contributed by atoms with E-state index in [1.54, 1.807) is 4.68 Å². The van der Waals surface area contributed by atoms with Crippen LogP contribution in [-0.2, 0) is 0 Å². The minimum absolute atomic E-state index is 0.0251. The molecular formula is C23H25N3O. The molecule has 0 spiro atoms. The fourth-order valence-electron chi connectivity index (χ4n) is 3.75. The minimum Gasteiger partial charge on any atom is -0.349 e. The summed E-state index contributed by atoms with van der Waals surface area (Å²) in [6.45, 7) is 0. The van der Waals surface area contributed by atoms with Crippen molar-refractivity contribution in [3.05, 3.63) is 72.4 Å². The Hall–Kier alpha value is -2.88.